The number of hydrogen-bond acceptors (Lipinski definition) is 3. The summed E-state index contributed by atoms with van der Waals surface area (Å²) in [7, 11) is 0. The molecular weight excluding hydrogens is 226 g/mol. The molecule has 0 aromatic heterocycles. The average Bonchev–Trinajstić information content (AvgIpc) is 2.26. The summed E-state index contributed by atoms with van der Waals surface area (Å²) < 4.78 is 0. The summed E-state index contributed by atoms with van der Waals surface area (Å²) in [5, 5.41) is 9.43. The number of amides is 1. The molecule has 0 saturated carbocycles. The molecule has 4 nitrogen and oxygen atoms in total. The van der Waals surface area contributed by atoms with Crippen molar-refractivity contribution >= 4 is 23.6 Å². The van der Waals surface area contributed by atoms with Gasteiger partial charge < -0.3 is 10.0 Å². The van der Waals surface area contributed by atoms with Crippen LogP contribution in [0.2, 0.25) is 0 Å². The standard InChI is InChI=1S/C11H19NO3S/c1-3-6-12(9(2)13)11(10(14)15)4-7-16-8-5-11/h3-8H2,1-2H3,(H,14,15). The lowest BCUT2D eigenvalue weighted by atomic mass is 9.89. The van der Waals surface area contributed by atoms with Crippen LogP contribution in [0.3, 0.4) is 0 Å². The lowest BCUT2D eigenvalue weighted by Crippen LogP contribution is -2.58. The van der Waals surface area contributed by atoms with Gasteiger partial charge in [0, 0.05) is 13.5 Å². The van der Waals surface area contributed by atoms with E-state index in [0.717, 1.165) is 17.9 Å². The Morgan fingerprint density at radius 3 is 2.31 bits per heavy atom. The highest BCUT2D eigenvalue weighted by Gasteiger charge is 2.46. The van der Waals surface area contributed by atoms with Crippen molar-refractivity contribution in [1.29, 1.82) is 0 Å². The largest absolute Gasteiger partial charge is 0.479 e. The van der Waals surface area contributed by atoms with Crippen molar-refractivity contribution in [3.05, 3.63) is 0 Å². The summed E-state index contributed by atoms with van der Waals surface area (Å²) in [5.41, 5.74) is -0.951. The number of carboxylic acid groups (broad SMARTS) is 1. The van der Waals surface area contributed by atoms with E-state index in [1.807, 2.05) is 6.92 Å². The van der Waals surface area contributed by atoms with Gasteiger partial charge in [-0.2, -0.15) is 11.8 Å². The molecule has 1 N–H and O–H groups in total. The summed E-state index contributed by atoms with van der Waals surface area (Å²) in [4.78, 5) is 24.6. The first-order chi connectivity index (χ1) is 7.54. The molecule has 1 saturated heterocycles. The van der Waals surface area contributed by atoms with Gasteiger partial charge in [0.2, 0.25) is 5.91 Å². The van der Waals surface area contributed by atoms with Gasteiger partial charge in [-0.15, -0.1) is 0 Å². The zero-order valence-corrected chi connectivity index (χ0v) is 10.7. The molecule has 0 aromatic carbocycles. The Morgan fingerprint density at radius 1 is 1.38 bits per heavy atom. The fourth-order valence-electron chi connectivity index (χ4n) is 2.20. The number of hydrogen-bond donors (Lipinski definition) is 1. The quantitative estimate of drug-likeness (QED) is 0.817. The lowest BCUT2D eigenvalue weighted by Gasteiger charge is -2.42. The van der Waals surface area contributed by atoms with Crippen LogP contribution in [-0.4, -0.2) is 45.5 Å². The van der Waals surface area contributed by atoms with Crippen molar-refractivity contribution in [2.45, 2.75) is 38.6 Å². The third-order valence-corrected chi connectivity index (χ3v) is 4.05. The Hall–Kier alpha value is -0.710. The highest BCUT2D eigenvalue weighted by molar-refractivity contribution is 7.99. The van der Waals surface area contributed by atoms with Gasteiger partial charge >= 0.3 is 5.97 Å². The van der Waals surface area contributed by atoms with Gasteiger partial charge in [0.25, 0.3) is 0 Å². The predicted octanol–water partition coefficient (Wildman–Crippen LogP) is 1.60. The van der Waals surface area contributed by atoms with Gasteiger partial charge in [-0.25, -0.2) is 4.79 Å². The monoisotopic (exact) mass is 245 g/mol. The normalized spacial score (nSPS) is 19.1. The highest BCUT2D eigenvalue weighted by atomic mass is 32.2. The van der Waals surface area contributed by atoms with E-state index in [1.54, 1.807) is 16.7 Å². The van der Waals surface area contributed by atoms with E-state index in [-0.39, 0.29) is 5.91 Å². The number of aliphatic carboxylic acids is 1. The van der Waals surface area contributed by atoms with Crippen LogP contribution in [0.4, 0.5) is 0 Å². The van der Waals surface area contributed by atoms with E-state index >= 15 is 0 Å². The van der Waals surface area contributed by atoms with Crippen molar-refractivity contribution in [1.82, 2.24) is 4.90 Å². The maximum atomic E-state index is 11.6. The Morgan fingerprint density at radius 2 is 1.94 bits per heavy atom. The number of thioether (sulfide) groups is 1. The molecule has 0 radical (unpaired) electrons. The highest BCUT2D eigenvalue weighted by Crippen LogP contribution is 2.33. The van der Waals surface area contributed by atoms with Gasteiger partial charge in [0.05, 0.1) is 0 Å². The van der Waals surface area contributed by atoms with Crippen molar-refractivity contribution in [2.75, 3.05) is 18.1 Å². The maximum absolute atomic E-state index is 11.6. The third kappa shape index (κ3) is 2.51. The van der Waals surface area contributed by atoms with Crippen LogP contribution in [0.1, 0.15) is 33.1 Å². The van der Waals surface area contributed by atoms with Crippen LogP contribution in [-0.2, 0) is 9.59 Å². The minimum Gasteiger partial charge on any atom is -0.479 e. The fourth-order valence-corrected chi connectivity index (χ4v) is 3.37. The second kappa shape index (κ2) is 5.57. The van der Waals surface area contributed by atoms with Crippen LogP contribution in [0.15, 0.2) is 0 Å². The fraction of sp³-hybridized carbons (Fsp3) is 0.818. The molecule has 92 valence electrons. The molecule has 0 atom stereocenters. The first-order valence-corrected chi connectivity index (χ1v) is 6.79. The van der Waals surface area contributed by atoms with Crippen LogP contribution < -0.4 is 0 Å². The molecule has 1 amide bonds. The molecule has 1 heterocycles. The van der Waals surface area contributed by atoms with Gasteiger partial charge in [-0.3, -0.25) is 4.79 Å². The smallest absolute Gasteiger partial charge is 0.329 e. The summed E-state index contributed by atoms with van der Waals surface area (Å²) >= 11 is 1.76. The van der Waals surface area contributed by atoms with Crippen LogP contribution in [0, 0.1) is 0 Å². The van der Waals surface area contributed by atoms with Gasteiger partial charge in [0.15, 0.2) is 0 Å². The summed E-state index contributed by atoms with van der Waals surface area (Å²) in [6.45, 7) is 3.96. The number of carbonyl (C=O) groups is 2. The third-order valence-electron chi connectivity index (χ3n) is 3.06. The molecular formula is C11H19NO3S. The number of nitrogens with zero attached hydrogens (tertiary/aromatic N) is 1. The molecule has 0 aliphatic carbocycles. The molecule has 0 unspecified atom stereocenters. The first kappa shape index (κ1) is 13.4. The van der Waals surface area contributed by atoms with Crippen LogP contribution in [0.5, 0.6) is 0 Å². The van der Waals surface area contributed by atoms with E-state index < -0.39 is 11.5 Å². The molecule has 5 heteroatoms. The predicted molar refractivity (Wildman–Crippen MR) is 64.6 cm³/mol. The van der Waals surface area contributed by atoms with Gasteiger partial charge in [-0.1, -0.05) is 6.92 Å². The minimum atomic E-state index is -0.951. The van der Waals surface area contributed by atoms with Crippen LogP contribution in [0.25, 0.3) is 0 Å². The molecule has 1 fully saturated rings. The van der Waals surface area contributed by atoms with Gasteiger partial charge in [-0.05, 0) is 30.8 Å². The minimum absolute atomic E-state index is 0.129. The summed E-state index contributed by atoms with van der Waals surface area (Å²) in [6.07, 6.45) is 1.92. The number of carbonyl (C=O) groups excluding carboxylic acids is 1. The summed E-state index contributed by atoms with van der Waals surface area (Å²) in [5.74, 6) is 0.659. The van der Waals surface area contributed by atoms with Crippen LogP contribution >= 0.6 is 11.8 Å². The van der Waals surface area contributed by atoms with Crippen molar-refractivity contribution in [3.8, 4) is 0 Å². The average molecular weight is 245 g/mol. The van der Waals surface area contributed by atoms with Gasteiger partial charge in [0.1, 0.15) is 5.54 Å². The Kier molecular flexibility index (Phi) is 4.65. The second-order valence-corrected chi connectivity index (χ2v) is 5.34. The molecule has 1 aliphatic rings. The maximum Gasteiger partial charge on any atom is 0.329 e. The zero-order chi connectivity index (χ0) is 12.2. The molecule has 0 bridgehead atoms. The van der Waals surface area contributed by atoms with E-state index in [9.17, 15) is 14.7 Å². The van der Waals surface area contributed by atoms with Crippen molar-refractivity contribution in [2.24, 2.45) is 0 Å². The first-order valence-electron chi connectivity index (χ1n) is 5.64. The second-order valence-electron chi connectivity index (χ2n) is 4.12. The summed E-state index contributed by atoms with van der Waals surface area (Å²) in [6, 6.07) is 0. The van der Waals surface area contributed by atoms with E-state index in [4.69, 9.17) is 0 Å². The van der Waals surface area contributed by atoms with E-state index in [1.165, 1.54) is 6.92 Å². The Labute approximate surface area is 100 Å². The van der Waals surface area contributed by atoms with E-state index in [0.29, 0.717) is 19.4 Å². The Bertz CT molecular complexity index is 274. The SMILES string of the molecule is CCCN(C(C)=O)C1(C(=O)O)CCSCC1. The zero-order valence-electron chi connectivity index (χ0n) is 9.86. The molecule has 1 rings (SSSR count). The lowest BCUT2D eigenvalue weighted by molar-refractivity contribution is -0.159. The number of carboxylic acids is 1. The van der Waals surface area contributed by atoms with Crippen molar-refractivity contribution in [3.63, 3.8) is 0 Å². The van der Waals surface area contributed by atoms with E-state index in [2.05, 4.69) is 0 Å². The molecule has 1 aliphatic heterocycles. The number of rotatable bonds is 4. The topological polar surface area (TPSA) is 57.6 Å². The van der Waals surface area contributed by atoms with Crippen molar-refractivity contribution < 1.29 is 14.7 Å². The molecule has 16 heavy (non-hydrogen) atoms. The molecule has 0 aromatic rings. The Balaban J connectivity index is 2.96. The molecule has 0 spiro atoms.